The SMILES string of the molecule is OC1=C(c2cccc(-c3ccc([Si](c4ccccc4)(c4ccccc4)c4ccc5c(c4)c4c(n5-c5ccccc5)C=CC(F)C4)cc3)c2)C=CCC1. The molecule has 52 heavy (non-hydrogen) atoms. The number of rotatable bonds is 7. The van der Waals surface area contributed by atoms with Crippen molar-refractivity contribution in [1.29, 1.82) is 0 Å². The molecule has 0 amide bonds. The van der Waals surface area contributed by atoms with Crippen molar-refractivity contribution < 1.29 is 9.50 Å². The lowest BCUT2D eigenvalue weighted by Crippen LogP contribution is -2.74. The van der Waals surface area contributed by atoms with E-state index in [1.54, 1.807) is 6.08 Å². The average molecular weight is 692 g/mol. The Morgan fingerprint density at radius 2 is 1.23 bits per heavy atom. The van der Waals surface area contributed by atoms with Gasteiger partial charge in [0, 0.05) is 35.2 Å². The van der Waals surface area contributed by atoms with Gasteiger partial charge in [0.05, 0.1) is 5.52 Å². The standard InChI is InChI=1S/C48H38FNOSi/c49-37-25-29-46-44(32-37)45-33-42(28-30-47(45)50(46)38-15-4-1-5-16-38)52(39-17-6-2-7-18-39,40-19-8-3-9-20-40)41-26-23-34(24-27-41)35-13-12-14-36(31-35)43-21-10-11-22-48(43)51/h1-10,12-21,23-31,33,37,51H,11,22,32H2. The number of fused-ring (bicyclic) bond motifs is 3. The third-order valence-electron chi connectivity index (χ3n) is 10.8. The van der Waals surface area contributed by atoms with E-state index in [9.17, 15) is 5.11 Å². The summed E-state index contributed by atoms with van der Waals surface area (Å²) in [7, 11) is -2.89. The molecule has 9 rings (SSSR count). The van der Waals surface area contributed by atoms with Crippen molar-refractivity contribution in [3.8, 4) is 16.8 Å². The molecule has 0 aliphatic heterocycles. The van der Waals surface area contributed by atoms with E-state index in [1.807, 2.05) is 18.2 Å². The van der Waals surface area contributed by atoms with Gasteiger partial charge in [-0.25, -0.2) is 4.39 Å². The smallest absolute Gasteiger partial charge is 0.179 e. The van der Waals surface area contributed by atoms with Crippen molar-refractivity contribution in [1.82, 2.24) is 4.57 Å². The number of allylic oxidation sites excluding steroid dienone is 5. The van der Waals surface area contributed by atoms with Crippen LogP contribution in [0.15, 0.2) is 182 Å². The second-order valence-corrected chi connectivity index (χ2v) is 17.6. The van der Waals surface area contributed by atoms with Crippen LogP contribution in [0.3, 0.4) is 0 Å². The Balaban J connectivity index is 1.26. The molecule has 0 saturated heterocycles. The summed E-state index contributed by atoms with van der Waals surface area (Å²) in [5.41, 5.74) is 8.44. The maximum atomic E-state index is 15.2. The van der Waals surface area contributed by atoms with Crippen molar-refractivity contribution in [2.24, 2.45) is 0 Å². The van der Waals surface area contributed by atoms with Gasteiger partial charge < -0.3 is 9.67 Å². The molecule has 2 aliphatic carbocycles. The number of hydrogen-bond acceptors (Lipinski definition) is 1. The number of hydrogen-bond donors (Lipinski definition) is 1. The van der Waals surface area contributed by atoms with Crippen molar-refractivity contribution in [2.75, 3.05) is 0 Å². The summed E-state index contributed by atoms with van der Waals surface area (Å²) in [6, 6.07) is 56.8. The topological polar surface area (TPSA) is 25.2 Å². The molecule has 1 atom stereocenters. The van der Waals surface area contributed by atoms with Crippen LogP contribution in [0, 0.1) is 0 Å². The van der Waals surface area contributed by atoms with Crippen LogP contribution in [-0.2, 0) is 6.42 Å². The largest absolute Gasteiger partial charge is 0.512 e. The number of aromatic nitrogens is 1. The molecule has 1 aromatic heterocycles. The number of aliphatic hydroxyl groups excluding tert-OH is 1. The molecule has 0 fully saturated rings. The minimum absolute atomic E-state index is 0.356. The van der Waals surface area contributed by atoms with Crippen molar-refractivity contribution in [3.63, 3.8) is 0 Å². The molecule has 252 valence electrons. The highest BCUT2D eigenvalue weighted by Crippen LogP contribution is 2.35. The van der Waals surface area contributed by atoms with E-state index in [0.717, 1.165) is 56.5 Å². The molecule has 0 radical (unpaired) electrons. The first-order valence-electron chi connectivity index (χ1n) is 18.1. The molecule has 6 aromatic carbocycles. The molecule has 0 saturated carbocycles. The fourth-order valence-corrected chi connectivity index (χ4v) is 13.1. The van der Waals surface area contributed by atoms with Crippen LogP contribution in [0.25, 0.3) is 39.4 Å². The molecule has 2 nitrogen and oxygen atoms in total. The van der Waals surface area contributed by atoms with E-state index in [-0.39, 0.29) is 0 Å². The number of halogens is 1. The van der Waals surface area contributed by atoms with Crippen LogP contribution in [0.2, 0.25) is 0 Å². The predicted octanol–water partition coefficient (Wildman–Crippen LogP) is 9.20. The first-order valence-corrected chi connectivity index (χ1v) is 20.1. The number of para-hydroxylation sites is 1. The van der Waals surface area contributed by atoms with Gasteiger partial charge in [0.15, 0.2) is 8.07 Å². The van der Waals surface area contributed by atoms with E-state index in [4.69, 9.17) is 0 Å². The zero-order chi connectivity index (χ0) is 35.1. The van der Waals surface area contributed by atoms with Gasteiger partial charge in [-0.1, -0.05) is 146 Å². The molecule has 1 heterocycles. The quantitative estimate of drug-likeness (QED) is 0.131. The molecular formula is C48H38FNOSi. The van der Waals surface area contributed by atoms with Crippen molar-refractivity contribution >= 4 is 51.4 Å². The van der Waals surface area contributed by atoms with E-state index in [2.05, 4.69) is 162 Å². The zero-order valence-corrected chi connectivity index (χ0v) is 29.8. The zero-order valence-electron chi connectivity index (χ0n) is 28.8. The molecule has 1 unspecified atom stereocenters. The first-order chi connectivity index (χ1) is 25.6. The Bertz CT molecular complexity index is 2460. The summed E-state index contributed by atoms with van der Waals surface area (Å²) in [6.07, 6.45) is 8.70. The highest BCUT2D eigenvalue weighted by Gasteiger charge is 2.42. The molecule has 4 heteroatoms. The van der Waals surface area contributed by atoms with Crippen molar-refractivity contribution in [3.05, 3.63) is 199 Å². The van der Waals surface area contributed by atoms with Gasteiger partial charge in [0.2, 0.25) is 0 Å². The molecule has 0 spiro atoms. The third kappa shape index (κ3) is 5.39. The normalized spacial score (nSPS) is 15.6. The summed E-state index contributed by atoms with van der Waals surface area (Å²) in [4.78, 5) is 0. The minimum atomic E-state index is -2.89. The van der Waals surface area contributed by atoms with E-state index in [1.165, 1.54) is 20.7 Å². The van der Waals surface area contributed by atoms with E-state index >= 15 is 4.39 Å². The maximum absolute atomic E-state index is 15.2. The predicted molar refractivity (Wildman–Crippen MR) is 218 cm³/mol. The minimum Gasteiger partial charge on any atom is -0.512 e. The lowest BCUT2D eigenvalue weighted by atomic mass is 9.95. The number of alkyl halides is 1. The summed E-state index contributed by atoms with van der Waals surface area (Å²) < 4.78 is 17.4. The van der Waals surface area contributed by atoms with Gasteiger partial charge in [0.25, 0.3) is 0 Å². The van der Waals surface area contributed by atoms with Crippen LogP contribution < -0.4 is 20.7 Å². The van der Waals surface area contributed by atoms with Crippen LogP contribution >= 0.6 is 0 Å². The van der Waals surface area contributed by atoms with Crippen LogP contribution in [0.4, 0.5) is 4.39 Å². The number of benzene rings is 6. The average Bonchev–Trinajstić information content (AvgIpc) is 3.53. The van der Waals surface area contributed by atoms with Gasteiger partial charge in [-0.05, 0) is 85.8 Å². The molecule has 2 aliphatic rings. The highest BCUT2D eigenvalue weighted by molar-refractivity contribution is 7.20. The Morgan fingerprint density at radius 1 is 0.596 bits per heavy atom. The van der Waals surface area contributed by atoms with Gasteiger partial charge in [-0.2, -0.15) is 0 Å². The summed E-state index contributed by atoms with van der Waals surface area (Å²) in [5, 5.41) is 16.9. The highest BCUT2D eigenvalue weighted by atomic mass is 28.3. The molecular weight excluding hydrogens is 654 g/mol. The van der Waals surface area contributed by atoms with Gasteiger partial charge >= 0.3 is 0 Å². The van der Waals surface area contributed by atoms with Gasteiger partial charge in [-0.3, -0.25) is 0 Å². The number of nitrogens with zero attached hydrogens (tertiary/aromatic N) is 1. The lowest BCUT2D eigenvalue weighted by Gasteiger charge is -2.34. The first kappa shape index (κ1) is 32.0. The Kier molecular flexibility index (Phi) is 8.17. The summed E-state index contributed by atoms with van der Waals surface area (Å²) >= 11 is 0. The lowest BCUT2D eigenvalue weighted by molar-refractivity contribution is 0.391. The monoisotopic (exact) mass is 691 g/mol. The Hall–Kier alpha value is -5.97. The fourth-order valence-electron chi connectivity index (χ4n) is 8.38. The Labute approximate surface area is 305 Å². The van der Waals surface area contributed by atoms with Gasteiger partial charge in [0.1, 0.15) is 11.9 Å². The Morgan fingerprint density at radius 3 is 1.92 bits per heavy atom. The molecule has 1 N–H and O–H groups in total. The van der Waals surface area contributed by atoms with E-state index in [0.29, 0.717) is 18.6 Å². The van der Waals surface area contributed by atoms with Crippen LogP contribution in [-0.4, -0.2) is 23.9 Å². The van der Waals surface area contributed by atoms with Crippen LogP contribution in [0.1, 0.15) is 29.7 Å². The molecule has 7 aromatic rings. The summed E-state index contributed by atoms with van der Waals surface area (Å²) in [6.45, 7) is 0. The van der Waals surface area contributed by atoms with Gasteiger partial charge in [-0.15, -0.1) is 0 Å². The second kappa shape index (κ2) is 13.3. The van der Waals surface area contributed by atoms with E-state index < -0.39 is 14.2 Å². The third-order valence-corrected chi connectivity index (χ3v) is 15.6. The van der Waals surface area contributed by atoms with Crippen molar-refractivity contribution in [2.45, 2.75) is 25.4 Å². The molecule has 0 bridgehead atoms. The summed E-state index contributed by atoms with van der Waals surface area (Å²) in [5.74, 6) is 0.451. The fraction of sp³-hybridized carbons (Fsp3) is 0.0833. The second-order valence-electron chi connectivity index (χ2n) is 13.8. The number of aliphatic hydroxyl groups is 1. The maximum Gasteiger partial charge on any atom is 0.179 e. The van der Waals surface area contributed by atoms with Crippen LogP contribution in [0.5, 0.6) is 0 Å².